The number of benzene rings is 1. The van der Waals surface area contributed by atoms with Crippen molar-refractivity contribution >= 4 is 11.9 Å². The molecule has 7 N–H and O–H groups in total. The van der Waals surface area contributed by atoms with Crippen molar-refractivity contribution in [2.75, 3.05) is 13.2 Å². The quantitative estimate of drug-likeness (QED) is 0.120. The molecule has 1 aromatic rings. The summed E-state index contributed by atoms with van der Waals surface area (Å²) >= 11 is 0. The SMILES string of the molecule is C/C=C1\[C@H](OC2O[C@H](CO)[C@@H](O)[C@H](O)[C@H]2O)OC=C(C(=O)O)[C@H]1CC(=O)OCCc1ccc(O)c(O)c1. The van der Waals surface area contributed by atoms with Crippen LogP contribution in [0.5, 0.6) is 11.5 Å². The standard InChI is InChI=1S/C24H30O13/c1-2-12-13(8-18(28)34-6-5-11-3-4-15(26)16(27)7-11)14(22(32)33)10-35-23(12)37-24-21(31)20(30)19(29)17(9-25)36-24/h2-4,7,10,13,17,19-21,23-27,29-31H,5-6,8-9H2,1H3,(H,32,33)/b12-2-/t13-,17+,19+,20-,21+,23-,24?/m0/s1. The maximum atomic E-state index is 12.6. The minimum absolute atomic E-state index is 0.0750. The molecule has 7 atom stereocenters. The number of carbonyl (C=O) groups is 2. The number of aliphatic hydroxyl groups is 4. The van der Waals surface area contributed by atoms with Crippen LogP contribution in [0.1, 0.15) is 18.9 Å². The van der Waals surface area contributed by atoms with E-state index in [2.05, 4.69) is 0 Å². The Bertz CT molecular complexity index is 1030. The molecule has 1 saturated heterocycles. The number of phenols is 2. The first-order valence-corrected chi connectivity index (χ1v) is 11.4. The van der Waals surface area contributed by atoms with Gasteiger partial charge in [0.1, 0.15) is 24.4 Å². The van der Waals surface area contributed by atoms with Crippen LogP contribution in [0.15, 0.2) is 41.7 Å². The molecular formula is C24H30O13. The lowest BCUT2D eigenvalue weighted by Crippen LogP contribution is -2.60. The molecule has 3 rings (SSSR count). The molecule has 2 heterocycles. The van der Waals surface area contributed by atoms with Gasteiger partial charge in [0.15, 0.2) is 17.8 Å². The van der Waals surface area contributed by atoms with Crippen LogP contribution >= 0.6 is 0 Å². The van der Waals surface area contributed by atoms with E-state index in [1.807, 2.05) is 0 Å². The maximum Gasteiger partial charge on any atom is 0.335 e. The zero-order chi connectivity index (χ0) is 27.3. The van der Waals surface area contributed by atoms with Crippen LogP contribution in [0, 0.1) is 5.92 Å². The molecule has 0 spiro atoms. The normalized spacial score (nSPS) is 30.9. The number of carboxylic acid groups (broad SMARTS) is 1. The molecule has 204 valence electrons. The molecule has 37 heavy (non-hydrogen) atoms. The van der Waals surface area contributed by atoms with Crippen LogP contribution in [0.2, 0.25) is 0 Å². The first-order chi connectivity index (χ1) is 17.6. The Morgan fingerprint density at radius 3 is 2.43 bits per heavy atom. The number of rotatable bonds is 9. The fraction of sp³-hybridized carbons (Fsp3) is 0.500. The van der Waals surface area contributed by atoms with E-state index in [0.717, 1.165) is 6.26 Å². The Balaban J connectivity index is 1.68. The second-order valence-electron chi connectivity index (χ2n) is 8.52. The summed E-state index contributed by atoms with van der Waals surface area (Å²) in [5, 5.41) is 68.1. The summed E-state index contributed by atoms with van der Waals surface area (Å²) in [5.74, 6) is -3.70. The number of phenolic OH excluding ortho intramolecular Hbond substituents is 2. The number of carbonyl (C=O) groups excluding carboxylic acids is 1. The van der Waals surface area contributed by atoms with E-state index < -0.39 is 67.9 Å². The Hall–Kier alpha value is -3.20. The van der Waals surface area contributed by atoms with Crippen LogP contribution in [0.25, 0.3) is 0 Å². The number of hydrogen-bond acceptors (Lipinski definition) is 12. The van der Waals surface area contributed by atoms with Gasteiger partial charge in [-0.05, 0) is 24.6 Å². The lowest BCUT2D eigenvalue weighted by Gasteiger charge is -2.41. The van der Waals surface area contributed by atoms with E-state index in [9.17, 15) is 45.3 Å². The van der Waals surface area contributed by atoms with Crippen LogP contribution in [-0.4, -0.2) is 97.9 Å². The van der Waals surface area contributed by atoms with Crippen molar-refractivity contribution in [3.63, 3.8) is 0 Å². The number of esters is 1. The average Bonchev–Trinajstić information content (AvgIpc) is 2.86. The largest absolute Gasteiger partial charge is 0.504 e. The van der Waals surface area contributed by atoms with Crippen molar-refractivity contribution in [2.45, 2.75) is 56.8 Å². The average molecular weight is 526 g/mol. The molecule has 0 aliphatic carbocycles. The van der Waals surface area contributed by atoms with E-state index >= 15 is 0 Å². The van der Waals surface area contributed by atoms with Crippen LogP contribution in [0.3, 0.4) is 0 Å². The number of ether oxygens (including phenoxy) is 4. The first-order valence-electron chi connectivity index (χ1n) is 11.4. The number of aliphatic carboxylic acids is 1. The number of hydrogen-bond donors (Lipinski definition) is 7. The lowest BCUT2D eigenvalue weighted by atomic mass is 9.86. The molecule has 0 bridgehead atoms. The third kappa shape index (κ3) is 6.57. The Labute approximate surface area is 211 Å². The monoisotopic (exact) mass is 526 g/mol. The molecule has 0 aromatic heterocycles. The molecule has 1 aromatic carbocycles. The number of aromatic hydroxyl groups is 2. The second kappa shape index (κ2) is 12.4. The summed E-state index contributed by atoms with van der Waals surface area (Å²) in [6.45, 7) is 0.811. The van der Waals surface area contributed by atoms with Crippen LogP contribution in [-0.2, 0) is 35.0 Å². The van der Waals surface area contributed by atoms with Crippen LogP contribution in [0.4, 0.5) is 0 Å². The van der Waals surface area contributed by atoms with Crippen molar-refractivity contribution in [3.05, 3.63) is 47.2 Å². The number of carboxylic acids is 1. The summed E-state index contributed by atoms with van der Waals surface area (Å²) in [5.41, 5.74) is 0.557. The highest BCUT2D eigenvalue weighted by Crippen LogP contribution is 2.36. The van der Waals surface area contributed by atoms with Gasteiger partial charge in [0.05, 0.1) is 31.5 Å². The highest BCUT2D eigenvalue weighted by molar-refractivity contribution is 5.89. The summed E-state index contributed by atoms with van der Waals surface area (Å²) < 4.78 is 21.6. The highest BCUT2D eigenvalue weighted by atomic mass is 16.8. The summed E-state index contributed by atoms with van der Waals surface area (Å²) in [7, 11) is 0. The minimum Gasteiger partial charge on any atom is -0.504 e. The van der Waals surface area contributed by atoms with E-state index in [4.69, 9.17) is 18.9 Å². The fourth-order valence-electron chi connectivity index (χ4n) is 4.05. The molecule has 13 heteroatoms. The predicted octanol–water partition coefficient (Wildman–Crippen LogP) is -0.723. The van der Waals surface area contributed by atoms with Gasteiger partial charge < -0.3 is 54.7 Å². The zero-order valence-corrected chi connectivity index (χ0v) is 19.8. The van der Waals surface area contributed by atoms with Crippen molar-refractivity contribution in [2.24, 2.45) is 5.92 Å². The Kier molecular flexibility index (Phi) is 9.48. The van der Waals surface area contributed by atoms with Gasteiger partial charge in [-0.1, -0.05) is 12.1 Å². The Morgan fingerprint density at radius 2 is 1.81 bits per heavy atom. The third-order valence-corrected chi connectivity index (χ3v) is 6.12. The molecule has 0 amide bonds. The maximum absolute atomic E-state index is 12.6. The van der Waals surface area contributed by atoms with Gasteiger partial charge in [-0.2, -0.15) is 0 Å². The molecule has 1 fully saturated rings. The van der Waals surface area contributed by atoms with Gasteiger partial charge in [-0.25, -0.2) is 4.79 Å². The molecule has 1 unspecified atom stereocenters. The van der Waals surface area contributed by atoms with E-state index in [1.165, 1.54) is 18.2 Å². The molecule has 2 aliphatic heterocycles. The van der Waals surface area contributed by atoms with Crippen LogP contribution < -0.4 is 0 Å². The minimum atomic E-state index is -1.72. The van der Waals surface area contributed by atoms with Gasteiger partial charge in [-0.15, -0.1) is 0 Å². The zero-order valence-electron chi connectivity index (χ0n) is 19.8. The molecule has 2 aliphatic rings. The molecule has 0 saturated carbocycles. The van der Waals surface area contributed by atoms with Crippen molar-refractivity contribution < 1.29 is 64.3 Å². The second-order valence-corrected chi connectivity index (χ2v) is 8.52. The predicted molar refractivity (Wildman–Crippen MR) is 122 cm³/mol. The number of allylic oxidation sites excluding steroid dienone is 1. The van der Waals surface area contributed by atoms with Gasteiger partial charge in [0.25, 0.3) is 0 Å². The van der Waals surface area contributed by atoms with Crippen molar-refractivity contribution in [3.8, 4) is 11.5 Å². The van der Waals surface area contributed by atoms with E-state index in [-0.39, 0.29) is 35.7 Å². The Morgan fingerprint density at radius 1 is 1.08 bits per heavy atom. The summed E-state index contributed by atoms with van der Waals surface area (Å²) in [6.07, 6.45) is -6.90. The van der Waals surface area contributed by atoms with Crippen molar-refractivity contribution in [1.82, 2.24) is 0 Å². The first kappa shape index (κ1) is 28.4. The van der Waals surface area contributed by atoms with Gasteiger partial charge in [0, 0.05) is 17.9 Å². The van der Waals surface area contributed by atoms with Gasteiger partial charge >= 0.3 is 11.9 Å². The topological polar surface area (TPSA) is 213 Å². The van der Waals surface area contributed by atoms with E-state index in [1.54, 1.807) is 13.0 Å². The number of aliphatic hydroxyl groups excluding tert-OH is 4. The summed E-state index contributed by atoms with van der Waals surface area (Å²) in [6, 6.07) is 4.17. The fourth-order valence-corrected chi connectivity index (χ4v) is 4.05. The van der Waals surface area contributed by atoms with Crippen molar-refractivity contribution in [1.29, 1.82) is 0 Å². The molecule has 13 nitrogen and oxygen atoms in total. The lowest BCUT2D eigenvalue weighted by molar-refractivity contribution is -0.327. The smallest absolute Gasteiger partial charge is 0.335 e. The van der Waals surface area contributed by atoms with Gasteiger partial charge in [0.2, 0.25) is 6.29 Å². The van der Waals surface area contributed by atoms with Gasteiger partial charge in [-0.3, -0.25) is 4.79 Å². The highest BCUT2D eigenvalue weighted by Gasteiger charge is 2.46. The summed E-state index contributed by atoms with van der Waals surface area (Å²) in [4.78, 5) is 24.4. The molecular weight excluding hydrogens is 496 g/mol. The molecule has 0 radical (unpaired) electrons. The third-order valence-electron chi connectivity index (χ3n) is 6.12. The van der Waals surface area contributed by atoms with E-state index in [0.29, 0.717) is 5.56 Å².